The number of ether oxygens (including phenoxy) is 1. The molecule has 1 unspecified atom stereocenters. The Morgan fingerprint density at radius 3 is 2.47 bits per heavy atom. The molecule has 1 fully saturated rings. The Morgan fingerprint density at radius 1 is 1.03 bits per heavy atom. The summed E-state index contributed by atoms with van der Waals surface area (Å²) in [7, 11) is 0. The van der Waals surface area contributed by atoms with Gasteiger partial charge >= 0.3 is 0 Å². The van der Waals surface area contributed by atoms with Gasteiger partial charge < -0.3 is 9.64 Å². The fourth-order valence-electron chi connectivity index (χ4n) is 4.06. The van der Waals surface area contributed by atoms with E-state index in [-0.39, 0.29) is 30.8 Å². The maximum absolute atomic E-state index is 15.3. The Bertz CT molecular complexity index is 1310. The molecule has 1 aliphatic rings. The number of amides is 1. The third-order valence-corrected chi connectivity index (χ3v) is 5.78. The molecular formula is C23H21F2N7O2. The molecule has 0 N–H and O–H groups in total. The molecule has 3 heterocycles. The van der Waals surface area contributed by atoms with Crippen LogP contribution in [0.1, 0.15) is 21.5 Å². The first-order valence-electron chi connectivity index (χ1n) is 10.7. The van der Waals surface area contributed by atoms with E-state index in [0.29, 0.717) is 23.4 Å². The van der Waals surface area contributed by atoms with E-state index in [2.05, 4.69) is 20.4 Å². The summed E-state index contributed by atoms with van der Waals surface area (Å²) in [5.41, 5.74) is 1.41. The van der Waals surface area contributed by atoms with E-state index < -0.39 is 23.6 Å². The molecule has 1 aliphatic heterocycles. The molecule has 2 aromatic heterocycles. The van der Waals surface area contributed by atoms with Crippen molar-refractivity contribution in [3.8, 4) is 11.4 Å². The summed E-state index contributed by atoms with van der Waals surface area (Å²) in [5.74, 6) is -1.58. The van der Waals surface area contributed by atoms with Gasteiger partial charge in [-0.25, -0.2) is 8.78 Å². The SMILES string of the molecule is Cc1ccc(-n2nccn2)c(C(=O)N2CCOCC2Cc2cc(-n3nccn3)ccc2F)c1F. The molecule has 11 heteroatoms. The summed E-state index contributed by atoms with van der Waals surface area (Å²) in [5, 5.41) is 16.3. The number of hydrogen-bond donors (Lipinski definition) is 0. The van der Waals surface area contributed by atoms with Crippen molar-refractivity contribution in [3.63, 3.8) is 0 Å². The number of aryl methyl sites for hydroxylation is 1. The van der Waals surface area contributed by atoms with Gasteiger partial charge in [-0.05, 0) is 48.7 Å². The highest BCUT2D eigenvalue weighted by molar-refractivity contribution is 5.98. The summed E-state index contributed by atoms with van der Waals surface area (Å²) < 4.78 is 35.6. The zero-order valence-electron chi connectivity index (χ0n) is 18.3. The smallest absolute Gasteiger partial charge is 0.259 e. The number of morpholine rings is 1. The lowest BCUT2D eigenvalue weighted by molar-refractivity contribution is -0.00210. The lowest BCUT2D eigenvalue weighted by Crippen LogP contribution is -2.50. The Balaban J connectivity index is 1.49. The Hall–Kier alpha value is -3.99. The lowest BCUT2D eigenvalue weighted by atomic mass is 10.0. The number of rotatable bonds is 5. The number of aromatic nitrogens is 6. The molecule has 2 aromatic carbocycles. The van der Waals surface area contributed by atoms with Crippen LogP contribution >= 0.6 is 0 Å². The second-order valence-electron chi connectivity index (χ2n) is 7.93. The quantitative estimate of drug-likeness (QED) is 0.450. The van der Waals surface area contributed by atoms with Crippen LogP contribution in [0.25, 0.3) is 11.4 Å². The minimum absolute atomic E-state index is 0.127. The normalized spacial score (nSPS) is 16.1. The highest BCUT2D eigenvalue weighted by Crippen LogP contribution is 2.25. The van der Waals surface area contributed by atoms with Gasteiger partial charge in [0.15, 0.2) is 0 Å². The number of benzene rings is 2. The van der Waals surface area contributed by atoms with Crippen LogP contribution in [0, 0.1) is 18.6 Å². The average Bonchev–Trinajstić information content (AvgIpc) is 3.57. The highest BCUT2D eigenvalue weighted by Gasteiger charge is 2.33. The van der Waals surface area contributed by atoms with Crippen LogP contribution in [0.3, 0.4) is 0 Å². The van der Waals surface area contributed by atoms with Gasteiger partial charge in [-0.2, -0.15) is 30.0 Å². The first kappa shape index (κ1) is 21.8. The van der Waals surface area contributed by atoms with E-state index >= 15 is 4.39 Å². The monoisotopic (exact) mass is 465 g/mol. The van der Waals surface area contributed by atoms with Crippen molar-refractivity contribution < 1.29 is 18.3 Å². The Kier molecular flexibility index (Phi) is 5.84. The first-order valence-corrected chi connectivity index (χ1v) is 10.7. The van der Waals surface area contributed by atoms with E-state index in [4.69, 9.17) is 4.74 Å². The van der Waals surface area contributed by atoms with Gasteiger partial charge in [-0.3, -0.25) is 4.79 Å². The van der Waals surface area contributed by atoms with Gasteiger partial charge in [0.25, 0.3) is 5.91 Å². The number of hydrogen-bond acceptors (Lipinski definition) is 6. The molecule has 174 valence electrons. The molecule has 0 aliphatic carbocycles. The minimum Gasteiger partial charge on any atom is -0.377 e. The summed E-state index contributed by atoms with van der Waals surface area (Å²) in [6, 6.07) is 7.23. The van der Waals surface area contributed by atoms with Crippen molar-refractivity contribution in [2.24, 2.45) is 0 Å². The highest BCUT2D eigenvalue weighted by atomic mass is 19.1. The summed E-state index contributed by atoms with van der Waals surface area (Å²) >= 11 is 0. The topological polar surface area (TPSA) is 91.0 Å². The second-order valence-corrected chi connectivity index (χ2v) is 7.93. The van der Waals surface area contributed by atoms with Gasteiger partial charge in [0.05, 0.1) is 49.7 Å². The average molecular weight is 465 g/mol. The molecule has 0 bridgehead atoms. The third kappa shape index (κ3) is 4.05. The number of halogens is 2. The van der Waals surface area contributed by atoms with E-state index in [1.807, 2.05) is 0 Å². The van der Waals surface area contributed by atoms with Crippen molar-refractivity contribution in [3.05, 3.63) is 83.4 Å². The van der Waals surface area contributed by atoms with Gasteiger partial charge in [-0.1, -0.05) is 6.07 Å². The van der Waals surface area contributed by atoms with Crippen molar-refractivity contribution >= 4 is 5.91 Å². The molecule has 5 rings (SSSR count). The van der Waals surface area contributed by atoms with E-state index in [1.165, 1.54) is 45.3 Å². The number of carbonyl (C=O) groups excluding carboxylic acids is 1. The molecule has 9 nitrogen and oxygen atoms in total. The molecule has 34 heavy (non-hydrogen) atoms. The fourth-order valence-corrected chi connectivity index (χ4v) is 4.06. The minimum atomic E-state index is -0.636. The molecule has 0 spiro atoms. The zero-order chi connectivity index (χ0) is 23.7. The fraction of sp³-hybridized carbons (Fsp3) is 0.261. The van der Waals surface area contributed by atoms with Crippen LogP contribution in [0.4, 0.5) is 8.78 Å². The van der Waals surface area contributed by atoms with Gasteiger partial charge in [0, 0.05) is 6.54 Å². The molecule has 1 amide bonds. The van der Waals surface area contributed by atoms with Crippen LogP contribution in [0.2, 0.25) is 0 Å². The molecule has 4 aromatic rings. The largest absolute Gasteiger partial charge is 0.377 e. The molecule has 1 saturated heterocycles. The summed E-state index contributed by atoms with van der Waals surface area (Å²) in [4.78, 5) is 17.8. The lowest BCUT2D eigenvalue weighted by Gasteiger charge is -2.36. The van der Waals surface area contributed by atoms with Crippen LogP contribution in [-0.4, -0.2) is 66.6 Å². The van der Waals surface area contributed by atoms with Crippen molar-refractivity contribution in [1.29, 1.82) is 0 Å². The van der Waals surface area contributed by atoms with E-state index in [9.17, 15) is 9.18 Å². The standard InChI is InChI=1S/C23H21F2N7O2/c1-15-2-5-20(32-28-8-9-29-32)21(22(15)25)23(33)30-10-11-34-14-18(30)13-16-12-17(3-4-19(16)24)31-26-6-7-27-31/h2-9,12,18H,10-11,13-14H2,1H3. The zero-order valence-corrected chi connectivity index (χ0v) is 18.3. The Morgan fingerprint density at radius 2 is 1.74 bits per heavy atom. The molecule has 0 saturated carbocycles. The van der Waals surface area contributed by atoms with E-state index in [1.54, 1.807) is 31.2 Å². The van der Waals surface area contributed by atoms with Gasteiger partial charge in [0.2, 0.25) is 0 Å². The predicted molar refractivity (Wildman–Crippen MR) is 117 cm³/mol. The van der Waals surface area contributed by atoms with Crippen LogP contribution in [0.15, 0.2) is 55.1 Å². The molecule has 1 atom stereocenters. The van der Waals surface area contributed by atoms with Crippen molar-refractivity contribution in [1.82, 2.24) is 34.9 Å². The number of carbonyl (C=O) groups is 1. The molecular weight excluding hydrogens is 444 g/mol. The van der Waals surface area contributed by atoms with Gasteiger partial charge in [-0.15, -0.1) is 0 Å². The summed E-state index contributed by atoms with van der Waals surface area (Å²) in [6.45, 7) is 2.32. The van der Waals surface area contributed by atoms with Gasteiger partial charge in [0.1, 0.15) is 22.9 Å². The maximum atomic E-state index is 15.3. The van der Waals surface area contributed by atoms with E-state index in [0.717, 1.165) is 0 Å². The summed E-state index contributed by atoms with van der Waals surface area (Å²) in [6.07, 6.45) is 6.14. The first-order chi connectivity index (χ1) is 16.5. The van der Waals surface area contributed by atoms with Crippen LogP contribution in [0.5, 0.6) is 0 Å². The third-order valence-electron chi connectivity index (χ3n) is 5.78. The predicted octanol–water partition coefficient (Wildman–Crippen LogP) is 2.52. The Labute approximate surface area is 193 Å². The van der Waals surface area contributed by atoms with Crippen molar-refractivity contribution in [2.45, 2.75) is 19.4 Å². The van der Waals surface area contributed by atoms with Crippen LogP contribution in [-0.2, 0) is 11.2 Å². The van der Waals surface area contributed by atoms with Crippen molar-refractivity contribution in [2.75, 3.05) is 19.8 Å². The van der Waals surface area contributed by atoms with Crippen LogP contribution < -0.4 is 0 Å². The maximum Gasteiger partial charge on any atom is 0.259 e. The number of nitrogens with zero attached hydrogens (tertiary/aromatic N) is 7. The second kappa shape index (κ2) is 9.10. The molecule has 0 radical (unpaired) electrons.